The summed E-state index contributed by atoms with van der Waals surface area (Å²) in [5.74, 6) is 1.05. The molecule has 0 radical (unpaired) electrons. The minimum absolute atomic E-state index is 0.0409. The molecule has 0 atom stereocenters. The Morgan fingerprint density at radius 2 is 2.00 bits per heavy atom. The summed E-state index contributed by atoms with van der Waals surface area (Å²) in [6.07, 6.45) is 5.35. The van der Waals surface area contributed by atoms with Crippen molar-refractivity contribution in [1.82, 2.24) is 14.6 Å². The van der Waals surface area contributed by atoms with Crippen LogP contribution >= 0.6 is 0 Å². The van der Waals surface area contributed by atoms with Crippen LogP contribution in [0.25, 0.3) is 5.65 Å². The van der Waals surface area contributed by atoms with Crippen LogP contribution in [0.15, 0.2) is 42.6 Å². The van der Waals surface area contributed by atoms with E-state index in [9.17, 15) is 9.59 Å². The van der Waals surface area contributed by atoms with Gasteiger partial charge >= 0.3 is 0 Å². The highest BCUT2D eigenvalue weighted by molar-refractivity contribution is 6.08. The number of Topliss-reactive ketones (excluding diaryl/α,β-unsaturated/α-hetero) is 1. The zero-order valence-corrected chi connectivity index (χ0v) is 13.9. The van der Waals surface area contributed by atoms with Gasteiger partial charge in [-0.3, -0.25) is 14.0 Å². The van der Waals surface area contributed by atoms with Gasteiger partial charge in [0.2, 0.25) is 0 Å². The van der Waals surface area contributed by atoms with Crippen LogP contribution in [-0.2, 0) is 0 Å². The first-order valence-electron chi connectivity index (χ1n) is 8.39. The summed E-state index contributed by atoms with van der Waals surface area (Å²) in [4.78, 5) is 24.2. The molecule has 6 heteroatoms. The summed E-state index contributed by atoms with van der Waals surface area (Å²) >= 11 is 0. The van der Waals surface area contributed by atoms with Gasteiger partial charge in [0.25, 0.3) is 5.91 Å². The van der Waals surface area contributed by atoms with Crippen molar-refractivity contribution in [3.63, 3.8) is 0 Å². The molecule has 1 amide bonds. The zero-order valence-electron chi connectivity index (χ0n) is 13.9. The van der Waals surface area contributed by atoms with Crippen LogP contribution < -0.4 is 5.32 Å². The predicted octanol–water partition coefficient (Wildman–Crippen LogP) is 3.45. The van der Waals surface area contributed by atoms with E-state index in [4.69, 9.17) is 0 Å². The molecule has 4 rings (SSSR count). The number of hydrogen-bond acceptors (Lipinski definition) is 4. The molecule has 25 heavy (non-hydrogen) atoms. The summed E-state index contributed by atoms with van der Waals surface area (Å²) in [5, 5.41) is 11.4. The fraction of sp³-hybridized carbons (Fsp3) is 0.263. The van der Waals surface area contributed by atoms with Crippen molar-refractivity contribution in [2.24, 2.45) is 0 Å². The number of rotatable bonds is 4. The molecule has 1 aromatic carbocycles. The van der Waals surface area contributed by atoms with E-state index in [0.717, 1.165) is 18.7 Å². The predicted molar refractivity (Wildman–Crippen MR) is 94.0 cm³/mol. The second-order valence-electron chi connectivity index (χ2n) is 6.39. The SMILES string of the molecule is CC(=O)c1cccc(NC(=O)c2cccn3c(C4CCC4)nnc23)c1. The van der Waals surface area contributed by atoms with Crippen molar-refractivity contribution in [2.75, 3.05) is 5.32 Å². The van der Waals surface area contributed by atoms with Gasteiger partial charge in [0.1, 0.15) is 5.82 Å². The molecule has 1 N–H and O–H groups in total. The highest BCUT2D eigenvalue weighted by Crippen LogP contribution is 2.35. The van der Waals surface area contributed by atoms with Gasteiger partial charge in [0.15, 0.2) is 11.4 Å². The number of hydrogen-bond donors (Lipinski definition) is 1. The third-order valence-corrected chi connectivity index (χ3v) is 4.70. The number of nitrogens with zero attached hydrogens (tertiary/aromatic N) is 3. The third-order valence-electron chi connectivity index (χ3n) is 4.70. The topological polar surface area (TPSA) is 76.4 Å². The molecule has 1 aliphatic carbocycles. The first kappa shape index (κ1) is 15.5. The maximum absolute atomic E-state index is 12.7. The van der Waals surface area contributed by atoms with Gasteiger partial charge in [-0.05, 0) is 44.0 Å². The van der Waals surface area contributed by atoms with Crippen molar-refractivity contribution >= 4 is 23.0 Å². The molecule has 2 aromatic heterocycles. The fourth-order valence-electron chi connectivity index (χ4n) is 3.07. The lowest BCUT2D eigenvalue weighted by molar-refractivity contribution is 0.101. The second-order valence-corrected chi connectivity index (χ2v) is 6.39. The Hall–Kier alpha value is -3.02. The standard InChI is InChI=1S/C19H18N4O2/c1-12(24)14-7-3-8-15(11-14)20-19(25)16-9-4-10-23-17(13-5-2-6-13)21-22-18(16)23/h3-4,7-11,13H,2,5-6H2,1H3,(H,20,25). The molecule has 1 saturated carbocycles. The molecule has 0 bridgehead atoms. The van der Waals surface area contributed by atoms with Crippen LogP contribution in [0, 0.1) is 0 Å². The normalized spacial score (nSPS) is 14.3. The van der Waals surface area contributed by atoms with Gasteiger partial charge < -0.3 is 5.32 Å². The van der Waals surface area contributed by atoms with Gasteiger partial charge in [0.05, 0.1) is 5.56 Å². The average molecular weight is 334 g/mol. The first-order chi connectivity index (χ1) is 12.1. The van der Waals surface area contributed by atoms with E-state index >= 15 is 0 Å². The Morgan fingerprint density at radius 1 is 1.16 bits per heavy atom. The third kappa shape index (κ3) is 2.80. The number of anilines is 1. The molecule has 126 valence electrons. The number of carbonyl (C=O) groups is 2. The molecule has 6 nitrogen and oxygen atoms in total. The molecule has 1 fully saturated rings. The van der Waals surface area contributed by atoms with E-state index in [1.165, 1.54) is 13.3 Å². The molecule has 0 unspecified atom stereocenters. The van der Waals surface area contributed by atoms with Crippen molar-refractivity contribution in [3.05, 3.63) is 59.5 Å². The molecule has 0 saturated heterocycles. The Labute approximate surface area is 144 Å². The summed E-state index contributed by atoms with van der Waals surface area (Å²) in [6, 6.07) is 10.5. The van der Waals surface area contributed by atoms with E-state index in [0.29, 0.717) is 28.4 Å². The number of ketones is 1. The molecular weight excluding hydrogens is 316 g/mol. The lowest BCUT2D eigenvalue weighted by Crippen LogP contribution is -2.15. The minimum atomic E-state index is -0.265. The van der Waals surface area contributed by atoms with Crippen LogP contribution in [0.5, 0.6) is 0 Å². The molecular formula is C19H18N4O2. The lowest BCUT2D eigenvalue weighted by Gasteiger charge is -2.23. The summed E-state index contributed by atoms with van der Waals surface area (Å²) in [6.45, 7) is 1.50. The van der Waals surface area contributed by atoms with Crippen LogP contribution in [0.3, 0.4) is 0 Å². The summed E-state index contributed by atoms with van der Waals surface area (Å²) in [7, 11) is 0. The van der Waals surface area contributed by atoms with E-state index in [1.807, 2.05) is 16.7 Å². The average Bonchev–Trinajstić information content (AvgIpc) is 2.97. The number of aromatic nitrogens is 3. The minimum Gasteiger partial charge on any atom is -0.322 e. The molecule has 0 aliphatic heterocycles. The first-order valence-corrected chi connectivity index (χ1v) is 8.39. The van der Waals surface area contributed by atoms with Gasteiger partial charge in [0, 0.05) is 23.4 Å². The van der Waals surface area contributed by atoms with E-state index in [2.05, 4.69) is 15.5 Å². The van der Waals surface area contributed by atoms with E-state index in [-0.39, 0.29) is 11.7 Å². The smallest absolute Gasteiger partial charge is 0.259 e. The Kier molecular flexibility index (Phi) is 3.80. The van der Waals surface area contributed by atoms with Gasteiger partial charge in [-0.25, -0.2) is 0 Å². The second kappa shape index (κ2) is 6.12. The molecule has 0 spiro atoms. The van der Waals surface area contributed by atoms with E-state index in [1.54, 1.807) is 30.3 Å². The van der Waals surface area contributed by atoms with Gasteiger partial charge in [-0.1, -0.05) is 18.6 Å². The number of amides is 1. The van der Waals surface area contributed by atoms with Crippen LogP contribution in [0.1, 0.15) is 58.6 Å². The largest absolute Gasteiger partial charge is 0.322 e. The monoisotopic (exact) mass is 334 g/mol. The Balaban J connectivity index is 1.65. The van der Waals surface area contributed by atoms with Gasteiger partial charge in [-0.2, -0.15) is 0 Å². The molecule has 1 aliphatic rings. The fourth-order valence-corrected chi connectivity index (χ4v) is 3.07. The highest BCUT2D eigenvalue weighted by Gasteiger charge is 2.25. The number of pyridine rings is 1. The number of nitrogens with one attached hydrogen (secondary N) is 1. The van der Waals surface area contributed by atoms with E-state index < -0.39 is 0 Å². The summed E-state index contributed by atoms with van der Waals surface area (Å²) < 4.78 is 1.91. The van der Waals surface area contributed by atoms with Crippen molar-refractivity contribution < 1.29 is 9.59 Å². The molecule has 3 aromatic rings. The summed E-state index contributed by atoms with van der Waals surface area (Å²) in [5.41, 5.74) is 2.17. The lowest BCUT2D eigenvalue weighted by atomic mass is 9.85. The van der Waals surface area contributed by atoms with Crippen molar-refractivity contribution in [3.8, 4) is 0 Å². The maximum atomic E-state index is 12.7. The number of benzene rings is 1. The number of fused-ring (bicyclic) bond motifs is 1. The Morgan fingerprint density at radius 3 is 2.72 bits per heavy atom. The quantitative estimate of drug-likeness (QED) is 0.741. The number of carbonyl (C=O) groups excluding carboxylic acids is 2. The van der Waals surface area contributed by atoms with Gasteiger partial charge in [-0.15, -0.1) is 10.2 Å². The molecule has 2 heterocycles. The maximum Gasteiger partial charge on any atom is 0.259 e. The van der Waals surface area contributed by atoms with Crippen LogP contribution in [0.4, 0.5) is 5.69 Å². The zero-order chi connectivity index (χ0) is 17.4. The van der Waals surface area contributed by atoms with Crippen molar-refractivity contribution in [1.29, 1.82) is 0 Å². The Bertz CT molecular complexity index is 972. The van der Waals surface area contributed by atoms with Crippen LogP contribution in [0.2, 0.25) is 0 Å². The highest BCUT2D eigenvalue weighted by atomic mass is 16.1. The van der Waals surface area contributed by atoms with Crippen LogP contribution in [-0.4, -0.2) is 26.3 Å². The van der Waals surface area contributed by atoms with Crippen molar-refractivity contribution in [2.45, 2.75) is 32.1 Å².